The van der Waals surface area contributed by atoms with Crippen molar-refractivity contribution in [2.24, 2.45) is 5.73 Å². The molecule has 5 heteroatoms. The molecule has 0 aliphatic carbocycles. The Kier molecular flexibility index (Phi) is 3.96. The van der Waals surface area contributed by atoms with Crippen LogP contribution in [-0.2, 0) is 0 Å². The molecule has 1 amide bonds. The Morgan fingerprint density at radius 1 is 1.44 bits per heavy atom. The maximum absolute atomic E-state index is 14.0. The van der Waals surface area contributed by atoms with E-state index in [2.05, 4.69) is 0 Å². The first-order valence-corrected chi connectivity index (χ1v) is 5.72. The standard InChI is InChI=1S/C13H19FN2O2/c1-8(15)9-5-6-11(10(14)7-9)16(12(17)18)13(2,3)4/h5-8H,15H2,1-4H3,(H,17,18)/t8-/m0/s1. The molecule has 1 atom stereocenters. The van der Waals surface area contributed by atoms with Crippen LogP contribution in [0.5, 0.6) is 0 Å². The summed E-state index contributed by atoms with van der Waals surface area (Å²) in [6.45, 7) is 6.87. The first-order chi connectivity index (χ1) is 8.14. The lowest BCUT2D eigenvalue weighted by Gasteiger charge is -2.33. The fourth-order valence-corrected chi connectivity index (χ4v) is 1.74. The molecule has 4 nitrogen and oxygen atoms in total. The normalized spacial score (nSPS) is 13.2. The van der Waals surface area contributed by atoms with Crippen molar-refractivity contribution in [2.45, 2.75) is 39.3 Å². The van der Waals surface area contributed by atoms with E-state index < -0.39 is 17.4 Å². The van der Waals surface area contributed by atoms with Gasteiger partial charge in [0.25, 0.3) is 0 Å². The van der Waals surface area contributed by atoms with E-state index in [1.165, 1.54) is 12.1 Å². The third-order valence-corrected chi connectivity index (χ3v) is 2.60. The predicted octanol–water partition coefficient (Wildman–Crippen LogP) is 3.13. The number of halogens is 1. The van der Waals surface area contributed by atoms with Crippen molar-refractivity contribution >= 4 is 11.8 Å². The van der Waals surface area contributed by atoms with Gasteiger partial charge in [0, 0.05) is 11.6 Å². The summed E-state index contributed by atoms with van der Waals surface area (Å²) in [6, 6.07) is 4.08. The lowest BCUT2D eigenvalue weighted by atomic mass is 10.0. The van der Waals surface area contributed by atoms with Crippen LogP contribution >= 0.6 is 0 Å². The van der Waals surface area contributed by atoms with Crippen molar-refractivity contribution in [3.8, 4) is 0 Å². The quantitative estimate of drug-likeness (QED) is 0.852. The molecule has 100 valence electrons. The molecular formula is C13H19FN2O2. The highest BCUT2D eigenvalue weighted by atomic mass is 19.1. The van der Waals surface area contributed by atoms with Crippen LogP contribution in [0.15, 0.2) is 18.2 Å². The molecule has 0 aliphatic rings. The summed E-state index contributed by atoms with van der Waals surface area (Å²) < 4.78 is 14.0. The molecule has 0 saturated carbocycles. The first kappa shape index (κ1) is 14.4. The molecule has 1 aromatic rings. The van der Waals surface area contributed by atoms with Gasteiger partial charge in [-0.25, -0.2) is 9.18 Å². The van der Waals surface area contributed by atoms with Crippen LogP contribution in [-0.4, -0.2) is 16.7 Å². The van der Waals surface area contributed by atoms with Crippen molar-refractivity contribution in [1.82, 2.24) is 0 Å². The van der Waals surface area contributed by atoms with Gasteiger partial charge in [-0.2, -0.15) is 0 Å². The van der Waals surface area contributed by atoms with Gasteiger partial charge in [0.15, 0.2) is 0 Å². The molecule has 0 spiro atoms. The second-order valence-electron chi connectivity index (χ2n) is 5.29. The maximum Gasteiger partial charge on any atom is 0.412 e. The molecule has 1 rings (SSSR count). The monoisotopic (exact) mass is 254 g/mol. The Labute approximate surface area is 106 Å². The molecule has 0 saturated heterocycles. The third kappa shape index (κ3) is 2.98. The number of hydrogen-bond acceptors (Lipinski definition) is 2. The van der Waals surface area contributed by atoms with Gasteiger partial charge in [-0.05, 0) is 45.4 Å². The highest BCUT2D eigenvalue weighted by molar-refractivity contribution is 5.87. The van der Waals surface area contributed by atoms with Gasteiger partial charge >= 0.3 is 6.09 Å². The minimum absolute atomic E-state index is 0.0411. The van der Waals surface area contributed by atoms with E-state index in [1.54, 1.807) is 33.8 Å². The number of nitrogens with two attached hydrogens (primary N) is 1. The zero-order valence-corrected chi connectivity index (χ0v) is 11.1. The van der Waals surface area contributed by atoms with Crippen molar-refractivity contribution in [3.05, 3.63) is 29.6 Å². The molecule has 0 aromatic heterocycles. The second-order valence-corrected chi connectivity index (χ2v) is 5.29. The number of carboxylic acid groups (broad SMARTS) is 1. The summed E-state index contributed by atoms with van der Waals surface area (Å²) in [7, 11) is 0. The second kappa shape index (κ2) is 4.94. The first-order valence-electron chi connectivity index (χ1n) is 5.72. The molecule has 18 heavy (non-hydrogen) atoms. The maximum atomic E-state index is 14.0. The fourth-order valence-electron chi connectivity index (χ4n) is 1.74. The number of anilines is 1. The third-order valence-electron chi connectivity index (χ3n) is 2.60. The minimum atomic E-state index is -1.19. The van der Waals surface area contributed by atoms with Gasteiger partial charge in [0.2, 0.25) is 0 Å². The zero-order chi connectivity index (χ0) is 14.1. The van der Waals surface area contributed by atoms with E-state index in [1.807, 2.05) is 0 Å². The number of nitrogens with zero attached hydrogens (tertiary/aromatic N) is 1. The van der Waals surface area contributed by atoms with Gasteiger partial charge in [-0.3, -0.25) is 4.90 Å². The molecule has 0 heterocycles. The summed E-state index contributed by atoms with van der Waals surface area (Å²) in [5.74, 6) is -0.581. The van der Waals surface area contributed by atoms with Gasteiger partial charge in [0.1, 0.15) is 5.82 Å². The van der Waals surface area contributed by atoms with E-state index >= 15 is 0 Å². The summed E-state index contributed by atoms with van der Waals surface area (Å²) in [5, 5.41) is 9.20. The van der Waals surface area contributed by atoms with Gasteiger partial charge < -0.3 is 10.8 Å². The van der Waals surface area contributed by atoms with Gasteiger partial charge in [0.05, 0.1) is 5.69 Å². The summed E-state index contributed by atoms with van der Waals surface area (Å²) in [6.07, 6.45) is -1.19. The highest BCUT2D eigenvalue weighted by Gasteiger charge is 2.30. The van der Waals surface area contributed by atoms with E-state index in [9.17, 15) is 14.3 Å². The molecule has 0 radical (unpaired) electrons. The number of hydrogen-bond donors (Lipinski definition) is 2. The van der Waals surface area contributed by atoms with Crippen molar-refractivity contribution < 1.29 is 14.3 Å². The highest BCUT2D eigenvalue weighted by Crippen LogP contribution is 2.28. The average Bonchev–Trinajstić information content (AvgIpc) is 2.17. The summed E-state index contributed by atoms with van der Waals surface area (Å²) in [5.41, 5.74) is 5.61. The molecular weight excluding hydrogens is 235 g/mol. The van der Waals surface area contributed by atoms with Crippen LogP contribution < -0.4 is 10.6 Å². The lowest BCUT2D eigenvalue weighted by molar-refractivity contribution is 0.195. The van der Waals surface area contributed by atoms with Crippen molar-refractivity contribution in [3.63, 3.8) is 0 Å². The van der Waals surface area contributed by atoms with E-state index in [4.69, 9.17) is 5.73 Å². The number of amides is 1. The van der Waals surface area contributed by atoms with Crippen LogP contribution in [0.25, 0.3) is 0 Å². The smallest absolute Gasteiger partial charge is 0.412 e. The molecule has 1 aromatic carbocycles. The predicted molar refractivity (Wildman–Crippen MR) is 69.3 cm³/mol. The SMILES string of the molecule is C[C@H](N)c1ccc(N(C(=O)O)C(C)(C)C)c(F)c1. The lowest BCUT2D eigenvalue weighted by Crippen LogP contribution is -2.45. The molecule has 0 bridgehead atoms. The van der Waals surface area contributed by atoms with E-state index in [0.717, 1.165) is 4.90 Å². The van der Waals surface area contributed by atoms with Crippen LogP contribution in [0.4, 0.5) is 14.9 Å². The van der Waals surface area contributed by atoms with Gasteiger partial charge in [-0.15, -0.1) is 0 Å². The minimum Gasteiger partial charge on any atom is -0.465 e. The molecule has 0 fully saturated rings. The molecule has 0 aliphatic heterocycles. The Hall–Kier alpha value is -1.62. The fraction of sp³-hybridized carbons (Fsp3) is 0.462. The number of benzene rings is 1. The Bertz CT molecular complexity index is 453. The van der Waals surface area contributed by atoms with Crippen molar-refractivity contribution in [1.29, 1.82) is 0 Å². The van der Waals surface area contributed by atoms with Crippen LogP contribution in [0.2, 0.25) is 0 Å². The van der Waals surface area contributed by atoms with Gasteiger partial charge in [-0.1, -0.05) is 6.07 Å². The zero-order valence-electron chi connectivity index (χ0n) is 11.1. The summed E-state index contributed by atoms with van der Waals surface area (Å²) in [4.78, 5) is 12.3. The molecule has 0 unspecified atom stereocenters. The number of rotatable bonds is 2. The van der Waals surface area contributed by atoms with E-state index in [-0.39, 0.29) is 11.7 Å². The van der Waals surface area contributed by atoms with Crippen molar-refractivity contribution in [2.75, 3.05) is 4.90 Å². The van der Waals surface area contributed by atoms with Crippen LogP contribution in [0.3, 0.4) is 0 Å². The topological polar surface area (TPSA) is 66.6 Å². The van der Waals surface area contributed by atoms with Crippen LogP contribution in [0.1, 0.15) is 39.3 Å². The number of carbonyl (C=O) groups is 1. The van der Waals surface area contributed by atoms with Crippen LogP contribution in [0, 0.1) is 5.82 Å². The Balaban J connectivity index is 3.27. The Morgan fingerprint density at radius 2 is 2.00 bits per heavy atom. The molecule has 3 N–H and O–H groups in total. The largest absolute Gasteiger partial charge is 0.465 e. The average molecular weight is 254 g/mol. The van der Waals surface area contributed by atoms with E-state index in [0.29, 0.717) is 5.56 Å². The summed E-state index contributed by atoms with van der Waals surface area (Å²) >= 11 is 0. The Morgan fingerprint density at radius 3 is 2.33 bits per heavy atom.